The second-order valence-electron chi connectivity index (χ2n) is 9.02. The SMILES string of the molecule is Cc1ncc(-c2cnc(OCCc3ccc(F)cc3)cn2)c(N2CCC(C)(I)CC2)c1CC(=O)O. The van der Waals surface area contributed by atoms with E-state index in [2.05, 4.69) is 49.4 Å². The fraction of sp³-hybridized carbons (Fsp3) is 0.385. The molecule has 0 spiro atoms. The third-order valence-electron chi connectivity index (χ3n) is 6.27. The van der Waals surface area contributed by atoms with Crippen molar-refractivity contribution >= 4 is 34.2 Å². The zero-order chi connectivity index (χ0) is 25.0. The van der Waals surface area contributed by atoms with Crippen LogP contribution in [0, 0.1) is 12.7 Å². The van der Waals surface area contributed by atoms with E-state index in [9.17, 15) is 14.3 Å². The number of carboxylic acid groups (broad SMARTS) is 1. The Hall–Kier alpha value is -2.82. The maximum Gasteiger partial charge on any atom is 0.307 e. The highest BCUT2D eigenvalue weighted by molar-refractivity contribution is 14.1. The first-order valence-electron chi connectivity index (χ1n) is 11.6. The van der Waals surface area contributed by atoms with Gasteiger partial charge in [0.2, 0.25) is 5.88 Å². The topological polar surface area (TPSA) is 88.4 Å². The van der Waals surface area contributed by atoms with Crippen molar-refractivity contribution in [1.29, 1.82) is 0 Å². The second kappa shape index (κ2) is 10.8. The van der Waals surface area contributed by atoms with Crippen LogP contribution in [0.15, 0.2) is 42.9 Å². The molecule has 3 heterocycles. The number of carbonyl (C=O) groups is 1. The molecule has 1 fully saturated rings. The Morgan fingerprint density at radius 1 is 1.14 bits per heavy atom. The van der Waals surface area contributed by atoms with Crippen LogP contribution in [0.5, 0.6) is 5.88 Å². The van der Waals surface area contributed by atoms with E-state index in [1.807, 2.05) is 6.92 Å². The molecular weight excluding hydrogens is 562 g/mol. The molecule has 0 aliphatic carbocycles. The van der Waals surface area contributed by atoms with E-state index in [-0.39, 0.29) is 15.7 Å². The zero-order valence-corrected chi connectivity index (χ0v) is 22.0. The van der Waals surface area contributed by atoms with Crippen LogP contribution < -0.4 is 9.64 Å². The average Bonchev–Trinajstić information content (AvgIpc) is 2.82. The molecule has 4 rings (SSSR count). The number of aryl methyl sites for hydroxylation is 1. The van der Waals surface area contributed by atoms with Gasteiger partial charge in [-0.2, -0.15) is 0 Å². The molecule has 7 nitrogen and oxygen atoms in total. The van der Waals surface area contributed by atoms with Crippen molar-refractivity contribution in [3.8, 4) is 17.1 Å². The Morgan fingerprint density at radius 2 is 1.86 bits per heavy atom. The number of pyridine rings is 1. The van der Waals surface area contributed by atoms with Crippen molar-refractivity contribution in [3.63, 3.8) is 0 Å². The summed E-state index contributed by atoms with van der Waals surface area (Å²) < 4.78 is 19.0. The number of aliphatic carboxylic acids is 1. The molecule has 0 bridgehead atoms. The maximum absolute atomic E-state index is 13.1. The number of hydrogen-bond acceptors (Lipinski definition) is 6. The van der Waals surface area contributed by atoms with Gasteiger partial charge in [-0.25, -0.2) is 14.4 Å². The minimum Gasteiger partial charge on any atom is -0.481 e. The predicted molar refractivity (Wildman–Crippen MR) is 141 cm³/mol. The number of rotatable bonds is 8. The molecule has 1 saturated heterocycles. The lowest BCUT2D eigenvalue weighted by Gasteiger charge is -2.39. The van der Waals surface area contributed by atoms with Gasteiger partial charge in [-0.3, -0.25) is 9.78 Å². The highest BCUT2D eigenvalue weighted by Crippen LogP contribution is 2.39. The standard InChI is InChI=1S/C26H28FIN4O3/c1-17-20(13-24(33)34)25(32-10-8-26(2,28)9-11-32)21(14-29-17)22-15-31-23(16-30-22)35-12-7-18-3-5-19(27)6-4-18/h3-6,14-16H,7-13H2,1-2H3,(H,33,34). The van der Waals surface area contributed by atoms with Crippen LogP contribution in [0.25, 0.3) is 11.3 Å². The lowest BCUT2D eigenvalue weighted by molar-refractivity contribution is -0.136. The number of carboxylic acids is 1. The number of ether oxygens (including phenoxy) is 1. The summed E-state index contributed by atoms with van der Waals surface area (Å²) in [5.41, 5.74) is 4.67. The van der Waals surface area contributed by atoms with Crippen LogP contribution >= 0.6 is 22.6 Å². The van der Waals surface area contributed by atoms with Gasteiger partial charge in [-0.1, -0.05) is 41.6 Å². The van der Waals surface area contributed by atoms with E-state index in [1.54, 1.807) is 30.7 Å². The fourth-order valence-corrected chi connectivity index (χ4v) is 4.68. The van der Waals surface area contributed by atoms with E-state index >= 15 is 0 Å². The van der Waals surface area contributed by atoms with Crippen molar-refractivity contribution in [2.75, 3.05) is 24.6 Å². The van der Waals surface area contributed by atoms with Gasteiger partial charge in [-0.05, 0) is 37.5 Å². The number of anilines is 1. The van der Waals surface area contributed by atoms with Gasteiger partial charge >= 0.3 is 5.97 Å². The average molecular weight is 590 g/mol. The molecule has 1 aliphatic heterocycles. The van der Waals surface area contributed by atoms with Crippen LogP contribution in [0.4, 0.5) is 10.1 Å². The monoisotopic (exact) mass is 590 g/mol. The van der Waals surface area contributed by atoms with Crippen molar-refractivity contribution in [3.05, 3.63) is 65.5 Å². The van der Waals surface area contributed by atoms with Crippen molar-refractivity contribution < 1.29 is 19.0 Å². The molecule has 9 heteroatoms. The Kier molecular flexibility index (Phi) is 7.83. The molecule has 0 atom stereocenters. The summed E-state index contributed by atoms with van der Waals surface area (Å²) >= 11 is 2.51. The van der Waals surface area contributed by atoms with Crippen molar-refractivity contribution in [2.24, 2.45) is 0 Å². The van der Waals surface area contributed by atoms with Gasteiger partial charge in [0.25, 0.3) is 0 Å². The lowest BCUT2D eigenvalue weighted by Crippen LogP contribution is -2.40. The van der Waals surface area contributed by atoms with Gasteiger partial charge in [0.05, 0.1) is 36.8 Å². The van der Waals surface area contributed by atoms with Gasteiger partial charge < -0.3 is 14.7 Å². The van der Waals surface area contributed by atoms with Gasteiger partial charge in [0.1, 0.15) is 5.82 Å². The Labute approximate surface area is 217 Å². The Balaban J connectivity index is 1.56. The fourth-order valence-electron chi connectivity index (χ4n) is 4.20. The van der Waals surface area contributed by atoms with Gasteiger partial charge in [0, 0.05) is 45.9 Å². The molecule has 0 radical (unpaired) electrons. The van der Waals surface area contributed by atoms with E-state index < -0.39 is 5.97 Å². The largest absolute Gasteiger partial charge is 0.481 e. The maximum atomic E-state index is 13.1. The molecule has 35 heavy (non-hydrogen) atoms. The van der Waals surface area contributed by atoms with Crippen LogP contribution in [0.3, 0.4) is 0 Å². The van der Waals surface area contributed by atoms with E-state index in [0.29, 0.717) is 35.9 Å². The lowest BCUT2D eigenvalue weighted by atomic mass is 9.95. The minimum atomic E-state index is -0.889. The molecular formula is C26H28FIN4O3. The first-order valence-corrected chi connectivity index (χ1v) is 12.6. The van der Waals surface area contributed by atoms with Crippen LogP contribution in [-0.2, 0) is 17.6 Å². The van der Waals surface area contributed by atoms with Crippen LogP contribution in [-0.4, -0.2) is 49.1 Å². The molecule has 1 N–H and O–H groups in total. The molecule has 1 aromatic carbocycles. The van der Waals surface area contributed by atoms with Gasteiger partial charge in [-0.15, -0.1) is 0 Å². The van der Waals surface area contributed by atoms with E-state index in [4.69, 9.17) is 4.74 Å². The molecule has 1 aliphatic rings. The molecule has 3 aromatic rings. The summed E-state index contributed by atoms with van der Waals surface area (Å²) in [5, 5.41) is 9.56. The zero-order valence-electron chi connectivity index (χ0n) is 19.8. The Bertz CT molecular complexity index is 1180. The molecule has 2 aromatic heterocycles. The first-order chi connectivity index (χ1) is 16.7. The highest BCUT2D eigenvalue weighted by Gasteiger charge is 2.30. The molecule has 184 valence electrons. The smallest absolute Gasteiger partial charge is 0.307 e. The number of aromatic nitrogens is 3. The summed E-state index contributed by atoms with van der Waals surface area (Å²) in [4.78, 5) is 27.4. The normalized spacial score (nSPS) is 15.1. The highest BCUT2D eigenvalue weighted by atomic mass is 127. The van der Waals surface area contributed by atoms with Crippen LogP contribution in [0.1, 0.15) is 36.6 Å². The summed E-state index contributed by atoms with van der Waals surface area (Å²) in [5.74, 6) is -0.762. The van der Waals surface area contributed by atoms with Crippen molar-refractivity contribution in [2.45, 2.75) is 43.0 Å². The summed E-state index contributed by atoms with van der Waals surface area (Å²) in [6, 6.07) is 6.32. The summed E-state index contributed by atoms with van der Waals surface area (Å²) in [6.07, 6.45) is 7.50. The third kappa shape index (κ3) is 6.45. The third-order valence-corrected chi connectivity index (χ3v) is 7.35. The quantitative estimate of drug-likeness (QED) is 0.291. The number of benzene rings is 1. The summed E-state index contributed by atoms with van der Waals surface area (Å²) in [6.45, 7) is 6.16. The predicted octanol–water partition coefficient (Wildman–Crippen LogP) is 5.03. The number of alkyl halides is 1. The molecule has 0 amide bonds. The van der Waals surface area contributed by atoms with E-state index in [1.165, 1.54) is 12.1 Å². The van der Waals surface area contributed by atoms with Crippen LogP contribution in [0.2, 0.25) is 0 Å². The molecule has 0 saturated carbocycles. The number of piperidine rings is 1. The Morgan fingerprint density at radius 3 is 2.49 bits per heavy atom. The second-order valence-corrected chi connectivity index (χ2v) is 11.6. The van der Waals surface area contributed by atoms with Gasteiger partial charge in [0.15, 0.2) is 0 Å². The van der Waals surface area contributed by atoms with E-state index in [0.717, 1.165) is 42.7 Å². The van der Waals surface area contributed by atoms with Crippen molar-refractivity contribution in [1.82, 2.24) is 15.0 Å². The first kappa shape index (κ1) is 25.3. The molecule has 0 unspecified atom stereocenters. The number of halogens is 2. The minimum absolute atomic E-state index is 0.0992. The summed E-state index contributed by atoms with van der Waals surface area (Å²) in [7, 11) is 0. The number of nitrogens with zero attached hydrogens (tertiary/aromatic N) is 4. The number of hydrogen-bond donors (Lipinski definition) is 1.